The summed E-state index contributed by atoms with van der Waals surface area (Å²) in [6, 6.07) is 11.0. The lowest BCUT2D eigenvalue weighted by molar-refractivity contribution is -0.0890. The van der Waals surface area contributed by atoms with Crippen LogP contribution in [-0.4, -0.2) is 62.2 Å². The highest BCUT2D eigenvalue weighted by molar-refractivity contribution is 5.99. The zero-order chi connectivity index (χ0) is 27.1. The second-order valence-corrected chi connectivity index (χ2v) is 11.1. The second kappa shape index (κ2) is 9.64. The molecule has 0 spiro atoms. The summed E-state index contributed by atoms with van der Waals surface area (Å²) >= 11 is 0. The van der Waals surface area contributed by atoms with Gasteiger partial charge in [0.05, 0.1) is 52.0 Å². The van der Waals surface area contributed by atoms with E-state index in [1.54, 1.807) is 29.8 Å². The van der Waals surface area contributed by atoms with E-state index in [0.717, 1.165) is 44.0 Å². The van der Waals surface area contributed by atoms with Crippen LogP contribution >= 0.6 is 0 Å². The van der Waals surface area contributed by atoms with E-state index in [-0.39, 0.29) is 17.7 Å². The molecule has 1 amide bonds. The SMILES string of the molecule is COC12CCC(Nc3nc(-c4ccc5cc(C#N)cnn45)ccc3C(=O)NCC(F)C(C)(C)O)(CC1)CC2. The minimum absolute atomic E-state index is 0.0645. The van der Waals surface area contributed by atoms with E-state index < -0.39 is 17.7 Å². The van der Waals surface area contributed by atoms with E-state index in [2.05, 4.69) is 21.8 Å². The average Bonchev–Trinajstić information content (AvgIpc) is 3.35. The van der Waals surface area contributed by atoms with Crippen molar-refractivity contribution in [2.75, 3.05) is 19.0 Å². The normalized spacial score (nSPS) is 23.7. The monoisotopic (exact) mass is 520 g/mol. The lowest BCUT2D eigenvalue weighted by atomic mass is 9.63. The topological polar surface area (TPSA) is 125 Å². The number of halogens is 1. The molecule has 3 N–H and O–H groups in total. The molecule has 3 aromatic rings. The summed E-state index contributed by atoms with van der Waals surface area (Å²) in [5.74, 6) is -0.0430. The molecular weight excluding hydrogens is 487 g/mol. The van der Waals surface area contributed by atoms with Gasteiger partial charge in [-0.3, -0.25) is 4.79 Å². The molecule has 0 radical (unpaired) electrons. The Morgan fingerprint density at radius 2 is 1.95 bits per heavy atom. The van der Waals surface area contributed by atoms with Gasteiger partial charge in [0.2, 0.25) is 0 Å². The van der Waals surface area contributed by atoms with Crippen molar-refractivity contribution in [3.8, 4) is 17.5 Å². The summed E-state index contributed by atoms with van der Waals surface area (Å²) < 4.78 is 21.9. The van der Waals surface area contributed by atoms with Gasteiger partial charge in [0, 0.05) is 12.6 Å². The van der Waals surface area contributed by atoms with Gasteiger partial charge < -0.3 is 20.5 Å². The Balaban J connectivity index is 1.49. The Bertz CT molecular complexity index is 1380. The molecule has 0 aliphatic heterocycles. The summed E-state index contributed by atoms with van der Waals surface area (Å²) in [6.45, 7) is 2.42. The van der Waals surface area contributed by atoms with Crippen molar-refractivity contribution in [2.45, 2.75) is 75.3 Å². The van der Waals surface area contributed by atoms with Crippen LogP contribution in [0.4, 0.5) is 10.2 Å². The molecule has 3 aliphatic rings. The number of hydrogen-bond acceptors (Lipinski definition) is 7. The lowest BCUT2D eigenvalue weighted by Crippen LogP contribution is -2.54. The number of alkyl halides is 1. The predicted octanol–water partition coefficient (Wildman–Crippen LogP) is 4.01. The number of aromatic nitrogens is 3. The van der Waals surface area contributed by atoms with Crippen molar-refractivity contribution < 1.29 is 19.0 Å². The molecule has 0 saturated heterocycles. The van der Waals surface area contributed by atoms with E-state index in [4.69, 9.17) is 9.72 Å². The number of anilines is 1. The van der Waals surface area contributed by atoms with Gasteiger partial charge in [-0.05, 0) is 82.7 Å². The van der Waals surface area contributed by atoms with Crippen LogP contribution in [0.2, 0.25) is 0 Å². The fourth-order valence-corrected chi connectivity index (χ4v) is 5.56. The molecule has 2 bridgehead atoms. The van der Waals surface area contributed by atoms with Gasteiger partial charge in [0.1, 0.15) is 18.1 Å². The summed E-state index contributed by atoms with van der Waals surface area (Å²) in [5.41, 5.74) is 1.00. The Hall–Kier alpha value is -3.55. The number of hydrogen-bond donors (Lipinski definition) is 3. The third kappa shape index (κ3) is 4.84. The highest BCUT2D eigenvalue weighted by atomic mass is 19.1. The molecule has 3 aromatic heterocycles. The molecule has 38 heavy (non-hydrogen) atoms. The van der Waals surface area contributed by atoms with Crippen molar-refractivity contribution in [3.05, 3.63) is 47.7 Å². The van der Waals surface area contributed by atoms with E-state index in [9.17, 15) is 19.6 Å². The molecule has 9 nitrogen and oxygen atoms in total. The first-order valence-electron chi connectivity index (χ1n) is 12.9. The molecule has 3 heterocycles. The number of methoxy groups -OCH3 is 1. The summed E-state index contributed by atoms with van der Waals surface area (Å²) in [6.07, 6.45) is 5.36. The molecule has 10 heteroatoms. The van der Waals surface area contributed by atoms with Crippen molar-refractivity contribution in [3.63, 3.8) is 0 Å². The Kier molecular flexibility index (Phi) is 6.61. The summed E-state index contributed by atoms with van der Waals surface area (Å²) in [4.78, 5) is 18.1. The minimum atomic E-state index is -1.62. The number of rotatable bonds is 8. The zero-order valence-electron chi connectivity index (χ0n) is 21.9. The van der Waals surface area contributed by atoms with Crippen LogP contribution in [0.3, 0.4) is 0 Å². The minimum Gasteiger partial charge on any atom is -0.387 e. The van der Waals surface area contributed by atoms with Gasteiger partial charge >= 0.3 is 0 Å². The van der Waals surface area contributed by atoms with Crippen LogP contribution in [0.5, 0.6) is 0 Å². The van der Waals surface area contributed by atoms with Crippen LogP contribution in [0.25, 0.3) is 16.9 Å². The number of pyridine rings is 1. The Morgan fingerprint density at radius 1 is 1.24 bits per heavy atom. The average molecular weight is 521 g/mol. The van der Waals surface area contributed by atoms with E-state index in [1.807, 2.05) is 12.1 Å². The summed E-state index contributed by atoms with van der Waals surface area (Å²) in [5, 5.41) is 29.7. The van der Waals surface area contributed by atoms with Crippen LogP contribution < -0.4 is 10.6 Å². The van der Waals surface area contributed by atoms with E-state index >= 15 is 0 Å². The van der Waals surface area contributed by atoms with Gasteiger partial charge in [-0.25, -0.2) is 13.9 Å². The van der Waals surface area contributed by atoms with Gasteiger partial charge in [-0.1, -0.05) is 0 Å². The standard InChI is InChI=1S/C28H33FN6O3/c1-26(2,37)23(29)17-31-25(36)20-5-6-21(22-7-4-19-14-18(15-30)16-32-35(19)22)33-24(20)34-27-8-11-28(38-3,12-9-27)13-10-27/h4-7,14,16,23,37H,8-13,17H2,1-3H3,(H,31,36)(H,33,34). The molecule has 3 aliphatic carbocycles. The van der Waals surface area contributed by atoms with Gasteiger partial charge in [-0.15, -0.1) is 0 Å². The molecule has 1 unspecified atom stereocenters. The van der Waals surface area contributed by atoms with Crippen molar-refractivity contribution in [1.29, 1.82) is 5.26 Å². The number of carbonyl (C=O) groups is 1. The van der Waals surface area contributed by atoms with Crippen LogP contribution in [-0.2, 0) is 4.74 Å². The largest absolute Gasteiger partial charge is 0.387 e. The van der Waals surface area contributed by atoms with Gasteiger partial charge in [-0.2, -0.15) is 10.4 Å². The lowest BCUT2D eigenvalue weighted by Gasteiger charge is -2.53. The highest BCUT2D eigenvalue weighted by Gasteiger charge is 2.49. The van der Waals surface area contributed by atoms with Crippen molar-refractivity contribution in [2.24, 2.45) is 0 Å². The fraction of sp³-hybridized carbons (Fsp3) is 0.500. The quantitative estimate of drug-likeness (QED) is 0.410. The molecule has 3 saturated carbocycles. The molecular formula is C28H33FN6O3. The Morgan fingerprint density at radius 3 is 2.58 bits per heavy atom. The molecule has 1 atom stereocenters. The van der Waals surface area contributed by atoms with Crippen molar-refractivity contribution in [1.82, 2.24) is 19.9 Å². The first kappa shape index (κ1) is 26.1. The maximum absolute atomic E-state index is 14.4. The third-order valence-electron chi connectivity index (χ3n) is 8.23. The molecule has 0 aromatic carbocycles. The van der Waals surface area contributed by atoms with E-state index in [0.29, 0.717) is 28.3 Å². The number of nitrogens with zero attached hydrogens (tertiary/aromatic N) is 4. The van der Waals surface area contributed by atoms with Gasteiger partial charge in [0.25, 0.3) is 5.91 Å². The molecule has 200 valence electrons. The molecule has 6 rings (SSSR count). The number of carbonyl (C=O) groups excluding carboxylic acids is 1. The maximum atomic E-state index is 14.4. The number of fused-ring (bicyclic) bond motifs is 4. The number of aliphatic hydroxyl groups is 1. The third-order valence-corrected chi connectivity index (χ3v) is 8.23. The van der Waals surface area contributed by atoms with Crippen molar-refractivity contribution >= 4 is 17.2 Å². The number of amides is 1. The van der Waals surface area contributed by atoms with E-state index in [1.165, 1.54) is 20.0 Å². The number of ether oxygens (including phenoxy) is 1. The number of nitrogens with one attached hydrogen (secondary N) is 2. The zero-order valence-corrected chi connectivity index (χ0v) is 21.9. The first-order valence-corrected chi connectivity index (χ1v) is 12.9. The molecule has 3 fully saturated rings. The predicted molar refractivity (Wildman–Crippen MR) is 140 cm³/mol. The van der Waals surface area contributed by atoms with Gasteiger partial charge in [0.15, 0.2) is 0 Å². The smallest absolute Gasteiger partial charge is 0.255 e. The highest BCUT2D eigenvalue weighted by Crippen LogP contribution is 2.50. The van der Waals surface area contributed by atoms with Crippen LogP contribution in [0, 0.1) is 11.3 Å². The van der Waals surface area contributed by atoms with Crippen LogP contribution in [0.15, 0.2) is 36.5 Å². The first-order chi connectivity index (χ1) is 18.1. The fourth-order valence-electron chi connectivity index (χ4n) is 5.56. The Labute approximate surface area is 221 Å². The second-order valence-electron chi connectivity index (χ2n) is 11.1. The number of nitriles is 1. The van der Waals surface area contributed by atoms with Crippen LogP contribution in [0.1, 0.15) is 68.3 Å². The maximum Gasteiger partial charge on any atom is 0.255 e. The summed E-state index contributed by atoms with van der Waals surface area (Å²) in [7, 11) is 1.78.